The Morgan fingerprint density at radius 3 is 0.471 bits per heavy atom. The molecule has 0 radical (unpaired) electrons. The van der Waals surface area contributed by atoms with E-state index < -0.39 is 16.7 Å². The molecule has 0 aliphatic rings. The normalized spacial score (nSPS) is 3.41. The zero-order chi connectivity index (χ0) is 4.50. The van der Waals surface area contributed by atoms with Crippen LogP contribution in [0.1, 0.15) is 0 Å². The molecule has 0 unspecified atom stereocenters. The van der Waals surface area contributed by atoms with Gasteiger partial charge in [-0.2, -0.15) is 0 Å². The van der Waals surface area contributed by atoms with Gasteiger partial charge in [0.25, 0.3) is 0 Å². The van der Waals surface area contributed by atoms with Gasteiger partial charge >= 0.3 is 90.2 Å². The Morgan fingerprint density at radius 2 is 0.471 bits per heavy atom. The molecule has 0 amide bonds. The molecule has 0 saturated carbocycles. The first-order valence-electron chi connectivity index (χ1n) is 0.667. The van der Waals surface area contributed by atoms with Crippen molar-refractivity contribution in [2.45, 2.75) is 0 Å². The average molecular weight is 474 g/mol. The summed E-state index contributed by atoms with van der Waals surface area (Å²) in [4.78, 5) is 0. The molecule has 0 saturated heterocycles. The summed E-state index contributed by atoms with van der Waals surface area (Å²) >= 11 is -6.17. The Labute approximate surface area is 143 Å². The second kappa shape index (κ2) is 82.5. The van der Waals surface area contributed by atoms with E-state index >= 15 is 0 Å². The Hall–Kier alpha value is 1.81. The van der Waals surface area contributed by atoms with Crippen molar-refractivity contribution in [2.24, 2.45) is 0 Å². The van der Waals surface area contributed by atoms with Crippen molar-refractivity contribution in [3.63, 3.8) is 0 Å². The molecule has 0 aliphatic carbocycles. The molecule has 0 rings (SSSR count). The molecule has 0 fully saturated rings. The van der Waals surface area contributed by atoms with E-state index in [9.17, 15) is 0 Å². The molecule has 0 aromatic heterocycles. The molecule has 112 valence electrons. The van der Waals surface area contributed by atoms with Gasteiger partial charge < -0.3 is 54.8 Å². The van der Waals surface area contributed by atoms with Crippen molar-refractivity contribution in [3.8, 4) is 0 Å². The average Bonchev–Trinajstić information content (AvgIpc) is 0.722. The van der Waals surface area contributed by atoms with E-state index in [-0.39, 0.29) is 114 Å². The fourth-order valence-corrected chi connectivity index (χ4v) is 0. The molecular formula is H20Na2O14W. The second-order valence-corrected chi connectivity index (χ2v) is 3.34. The van der Waals surface area contributed by atoms with Gasteiger partial charge in [0.1, 0.15) is 0 Å². The molecule has 0 atom stereocenters. The third kappa shape index (κ3) is 1360. The van der Waals surface area contributed by atoms with Crippen LogP contribution >= 0.6 is 0 Å². The van der Waals surface area contributed by atoms with Crippen molar-refractivity contribution < 1.29 is 145 Å². The summed E-state index contributed by atoms with van der Waals surface area (Å²) in [5, 5.41) is 0. The molecule has 17 heavy (non-hydrogen) atoms. The van der Waals surface area contributed by atoms with Crippen LogP contribution in [-0.2, 0) is 23.5 Å². The van der Waals surface area contributed by atoms with Crippen LogP contribution in [0.4, 0.5) is 0 Å². The van der Waals surface area contributed by atoms with Crippen LogP contribution < -0.4 is 66.6 Å². The minimum absolute atomic E-state index is 0. The summed E-state index contributed by atoms with van der Waals surface area (Å²) in [7, 11) is 0. The Kier molecular flexibility index (Phi) is 858. The van der Waals surface area contributed by atoms with E-state index in [0.717, 1.165) is 0 Å². The molecule has 0 aromatic rings. The summed E-state index contributed by atoms with van der Waals surface area (Å²) in [6.45, 7) is 0. The number of hydrogen-bond acceptors (Lipinski definition) is 4. The predicted octanol–water partition coefficient (Wildman–Crippen LogP) is -16.9. The first kappa shape index (κ1) is 177. The number of rotatable bonds is 0. The standard InChI is InChI=1S/2Na.10H2O.4O.W/h;;10*1H2;;;;;/q2*+1;;;;;;;;;;;;;2*-1;. The SMILES string of the molecule is O.O.O.O.O.O.O.O.O.O.[Na+].[Na+].[O]=[W](=[O])([O-])[O-]. The van der Waals surface area contributed by atoms with Gasteiger partial charge in [0, 0.05) is 0 Å². The maximum atomic E-state index is 8.65. The molecule has 0 bridgehead atoms. The van der Waals surface area contributed by atoms with Crippen LogP contribution in [0.5, 0.6) is 0 Å². The molecule has 0 spiro atoms. The first-order valence-corrected chi connectivity index (χ1v) is 5.46. The second-order valence-electron chi connectivity index (χ2n) is 0.408. The van der Waals surface area contributed by atoms with Gasteiger partial charge in [-0.05, 0) is 0 Å². The van der Waals surface area contributed by atoms with Gasteiger partial charge in [-0.25, -0.2) is 0 Å². The van der Waals surface area contributed by atoms with Gasteiger partial charge in [-0.3, -0.25) is 0 Å². The first-order chi connectivity index (χ1) is 2.00. The van der Waals surface area contributed by atoms with Gasteiger partial charge in [0.15, 0.2) is 0 Å². The van der Waals surface area contributed by atoms with E-state index in [1.807, 2.05) is 0 Å². The van der Waals surface area contributed by atoms with Crippen molar-refractivity contribution in [2.75, 3.05) is 0 Å². The van der Waals surface area contributed by atoms with Crippen LogP contribution in [0, 0.1) is 0 Å². The number of hydrogen-bond donors (Lipinski definition) is 0. The third-order valence-corrected chi connectivity index (χ3v) is 0. The van der Waals surface area contributed by atoms with Crippen LogP contribution in [-0.4, -0.2) is 54.8 Å². The Balaban J connectivity index is -0.00000000121. The predicted molar refractivity (Wildman–Crippen MR) is 37.5 cm³/mol. The molecule has 0 aliphatic heterocycles. The van der Waals surface area contributed by atoms with Crippen LogP contribution in [0.2, 0.25) is 0 Å². The summed E-state index contributed by atoms with van der Waals surface area (Å²) in [6.07, 6.45) is 0. The molecule has 20 N–H and O–H groups in total. The Morgan fingerprint density at radius 1 is 0.471 bits per heavy atom. The summed E-state index contributed by atoms with van der Waals surface area (Å²) < 4.78 is 34.6. The summed E-state index contributed by atoms with van der Waals surface area (Å²) in [5.41, 5.74) is 0. The van der Waals surface area contributed by atoms with E-state index in [4.69, 9.17) is 14.3 Å². The van der Waals surface area contributed by atoms with Gasteiger partial charge in [-0.15, -0.1) is 0 Å². The van der Waals surface area contributed by atoms with Crippen molar-refractivity contribution in [1.29, 1.82) is 0 Å². The molecular weight excluding hydrogens is 454 g/mol. The fourth-order valence-electron chi connectivity index (χ4n) is 0. The fraction of sp³-hybridized carbons (Fsp3) is 0. The molecule has 14 nitrogen and oxygen atoms in total. The van der Waals surface area contributed by atoms with Crippen molar-refractivity contribution in [3.05, 3.63) is 0 Å². The molecule has 17 heteroatoms. The zero-order valence-corrected chi connectivity index (χ0v) is 16.0. The third-order valence-electron chi connectivity index (χ3n) is 0. The monoisotopic (exact) mass is 474 g/mol. The van der Waals surface area contributed by atoms with Gasteiger partial charge in [0.05, 0.1) is 0 Å². The van der Waals surface area contributed by atoms with Crippen molar-refractivity contribution in [1.82, 2.24) is 0 Å². The van der Waals surface area contributed by atoms with Crippen LogP contribution in [0.25, 0.3) is 0 Å². The minimum atomic E-state index is -6.17. The van der Waals surface area contributed by atoms with E-state index in [0.29, 0.717) is 0 Å². The topological polar surface area (TPSA) is 395 Å². The van der Waals surface area contributed by atoms with Crippen molar-refractivity contribution >= 4 is 0 Å². The van der Waals surface area contributed by atoms with E-state index in [1.54, 1.807) is 0 Å². The van der Waals surface area contributed by atoms with Crippen LogP contribution in [0.3, 0.4) is 0 Å². The molecule has 0 heterocycles. The van der Waals surface area contributed by atoms with Crippen LogP contribution in [0.15, 0.2) is 0 Å². The Bertz CT molecular complexity index is 97.4. The van der Waals surface area contributed by atoms with Gasteiger partial charge in [0.2, 0.25) is 0 Å². The summed E-state index contributed by atoms with van der Waals surface area (Å²) in [5.74, 6) is 0. The molecule has 0 aromatic carbocycles. The quantitative estimate of drug-likeness (QED) is 0.308. The van der Waals surface area contributed by atoms with E-state index in [1.165, 1.54) is 0 Å². The maximum absolute atomic E-state index is 8.65. The summed E-state index contributed by atoms with van der Waals surface area (Å²) in [6, 6.07) is 0. The zero-order valence-electron chi connectivity index (χ0n) is 9.04. The van der Waals surface area contributed by atoms with E-state index in [2.05, 4.69) is 0 Å². The van der Waals surface area contributed by atoms with Gasteiger partial charge in [-0.1, -0.05) is 0 Å².